The summed E-state index contributed by atoms with van der Waals surface area (Å²) in [5, 5.41) is 10.6. The number of hydrogen-bond donors (Lipinski definition) is 0. The van der Waals surface area contributed by atoms with E-state index in [9.17, 15) is 18.9 Å². The summed E-state index contributed by atoms with van der Waals surface area (Å²) in [6.07, 6.45) is -1.88. The van der Waals surface area contributed by atoms with Gasteiger partial charge in [-0.25, -0.2) is 13.8 Å². The minimum absolute atomic E-state index is 0.0276. The molecule has 0 aromatic carbocycles. The molecular weight excluding hydrogens is 297 g/mol. The van der Waals surface area contributed by atoms with Crippen LogP contribution in [0, 0.1) is 10.1 Å². The molecule has 15 heavy (non-hydrogen) atoms. The van der Waals surface area contributed by atoms with Crippen molar-refractivity contribution in [3.8, 4) is 0 Å². The zero-order chi connectivity index (χ0) is 11.6. The smallest absolute Gasteiger partial charge is 0.258 e. The van der Waals surface area contributed by atoms with Crippen LogP contribution in [-0.2, 0) is 5.88 Å². The van der Waals surface area contributed by atoms with Gasteiger partial charge in [0.1, 0.15) is 10.2 Å². The normalized spacial score (nSPS) is 10.7. The van der Waals surface area contributed by atoms with E-state index >= 15 is 0 Å². The number of nitrogens with zero attached hydrogens (tertiary/aromatic N) is 2. The van der Waals surface area contributed by atoms with Gasteiger partial charge in [-0.15, -0.1) is 11.6 Å². The SMILES string of the molecule is O=[N+]([O-])c1c(CCl)cnc(Br)c1C(F)F. The molecule has 0 atom stereocenters. The molecular formula is C7H4BrClF2N2O2. The van der Waals surface area contributed by atoms with E-state index < -0.39 is 22.6 Å². The second kappa shape index (κ2) is 4.80. The molecule has 0 aliphatic carbocycles. The Morgan fingerprint density at radius 3 is 2.67 bits per heavy atom. The second-order valence-electron chi connectivity index (χ2n) is 2.53. The fourth-order valence-electron chi connectivity index (χ4n) is 1.04. The van der Waals surface area contributed by atoms with Crippen molar-refractivity contribution in [2.75, 3.05) is 0 Å². The zero-order valence-electron chi connectivity index (χ0n) is 7.08. The van der Waals surface area contributed by atoms with Crippen molar-refractivity contribution in [3.63, 3.8) is 0 Å². The summed E-state index contributed by atoms with van der Waals surface area (Å²) in [6, 6.07) is 0. The molecule has 8 heteroatoms. The van der Waals surface area contributed by atoms with Gasteiger partial charge < -0.3 is 0 Å². The molecule has 0 spiro atoms. The number of aromatic nitrogens is 1. The summed E-state index contributed by atoms with van der Waals surface area (Å²) < 4.78 is 24.9. The number of rotatable bonds is 3. The summed E-state index contributed by atoms with van der Waals surface area (Å²) in [4.78, 5) is 13.3. The van der Waals surface area contributed by atoms with Crippen LogP contribution >= 0.6 is 27.5 Å². The standard InChI is InChI=1S/C7H4BrClF2N2O2/c8-6-4(7(10)11)5(13(14)15)3(1-9)2-12-6/h2,7H,1H2. The third kappa shape index (κ3) is 2.40. The van der Waals surface area contributed by atoms with Crippen molar-refractivity contribution < 1.29 is 13.7 Å². The van der Waals surface area contributed by atoms with Crippen molar-refractivity contribution in [3.05, 3.63) is 32.0 Å². The van der Waals surface area contributed by atoms with Crippen LogP contribution in [0.4, 0.5) is 14.5 Å². The molecule has 1 rings (SSSR count). The van der Waals surface area contributed by atoms with Crippen molar-refractivity contribution in [1.82, 2.24) is 4.98 Å². The van der Waals surface area contributed by atoms with Crippen LogP contribution in [0.5, 0.6) is 0 Å². The third-order valence-electron chi connectivity index (χ3n) is 1.66. The van der Waals surface area contributed by atoms with Gasteiger partial charge in [0.2, 0.25) is 0 Å². The Kier molecular flexibility index (Phi) is 3.92. The highest BCUT2D eigenvalue weighted by molar-refractivity contribution is 9.10. The first-order valence-corrected chi connectivity index (χ1v) is 4.97. The quantitative estimate of drug-likeness (QED) is 0.372. The van der Waals surface area contributed by atoms with Crippen LogP contribution in [0.1, 0.15) is 17.6 Å². The van der Waals surface area contributed by atoms with Crippen molar-refractivity contribution >= 4 is 33.2 Å². The van der Waals surface area contributed by atoms with E-state index in [1.807, 2.05) is 0 Å². The average molecular weight is 301 g/mol. The second-order valence-corrected chi connectivity index (χ2v) is 3.55. The molecule has 0 aliphatic rings. The Hall–Kier alpha value is -0.820. The van der Waals surface area contributed by atoms with Gasteiger partial charge in [-0.3, -0.25) is 10.1 Å². The van der Waals surface area contributed by atoms with Crippen LogP contribution in [0.3, 0.4) is 0 Å². The van der Waals surface area contributed by atoms with Gasteiger partial charge in [0.05, 0.1) is 16.4 Å². The first kappa shape index (κ1) is 12.3. The van der Waals surface area contributed by atoms with Crippen molar-refractivity contribution in [1.29, 1.82) is 0 Å². The Bertz CT molecular complexity index is 403. The molecule has 0 bridgehead atoms. The highest BCUT2D eigenvalue weighted by Gasteiger charge is 2.29. The van der Waals surface area contributed by atoms with E-state index in [1.54, 1.807) is 0 Å². The summed E-state index contributed by atoms with van der Waals surface area (Å²) >= 11 is 8.14. The molecule has 0 radical (unpaired) electrons. The lowest BCUT2D eigenvalue weighted by Gasteiger charge is -2.06. The zero-order valence-corrected chi connectivity index (χ0v) is 9.43. The summed E-state index contributed by atoms with van der Waals surface area (Å²) in [5.41, 5.74) is -1.44. The highest BCUT2D eigenvalue weighted by Crippen LogP contribution is 2.36. The maximum Gasteiger partial charge on any atom is 0.286 e. The first-order valence-electron chi connectivity index (χ1n) is 3.64. The minimum atomic E-state index is -2.98. The third-order valence-corrected chi connectivity index (χ3v) is 2.58. The Morgan fingerprint density at radius 2 is 2.27 bits per heavy atom. The Balaban J connectivity index is 3.51. The van der Waals surface area contributed by atoms with Crippen LogP contribution < -0.4 is 0 Å². The molecule has 0 amide bonds. The molecule has 1 aromatic rings. The lowest BCUT2D eigenvalue weighted by molar-refractivity contribution is -0.387. The molecule has 1 heterocycles. The topological polar surface area (TPSA) is 56.0 Å². The van der Waals surface area contributed by atoms with Gasteiger partial charge in [-0.1, -0.05) is 0 Å². The largest absolute Gasteiger partial charge is 0.286 e. The monoisotopic (exact) mass is 300 g/mol. The van der Waals surface area contributed by atoms with E-state index in [4.69, 9.17) is 11.6 Å². The maximum absolute atomic E-state index is 12.5. The molecule has 1 aromatic heterocycles. The number of alkyl halides is 3. The summed E-state index contributed by atoms with van der Waals surface area (Å²) in [6.45, 7) is 0. The molecule has 0 saturated carbocycles. The number of hydrogen-bond acceptors (Lipinski definition) is 3. The molecule has 4 nitrogen and oxygen atoms in total. The van der Waals surface area contributed by atoms with E-state index in [-0.39, 0.29) is 16.0 Å². The molecule has 0 unspecified atom stereocenters. The Morgan fingerprint density at radius 1 is 1.67 bits per heavy atom. The first-order chi connectivity index (χ1) is 6.99. The fourth-order valence-corrected chi connectivity index (χ4v) is 1.70. The fraction of sp³-hybridized carbons (Fsp3) is 0.286. The van der Waals surface area contributed by atoms with Gasteiger partial charge in [0, 0.05) is 6.20 Å². The van der Waals surface area contributed by atoms with E-state index in [0.29, 0.717) is 0 Å². The number of halogens is 4. The molecule has 82 valence electrons. The van der Waals surface area contributed by atoms with E-state index in [0.717, 1.165) is 6.20 Å². The van der Waals surface area contributed by atoms with Gasteiger partial charge in [0.15, 0.2) is 0 Å². The lowest BCUT2D eigenvalue weighted by Crippen LogP contribution is -2.02. The predicted octanol–water partition coefficient (Wildman–Crippen LogP) is 3.43. The van der Waals surface area contributed by atoms with Gasteiger partial charge in [-0.2, -0.15) is 0 Å². The van der Waals surface area contributed by atoms with Gasteiger partial charge in [0.25, 0.3) is 12.1 Å². The lowest BCUT2D eigenvalue weighted by atomic mass is 10.1. The molecule has 0 aliphatic heterocycles. The summed E-state index contributed by atoms with van der Waals surface area (Å²) in [7, 11) is 0. The number of pyridine rings is 1. The van der Waals surface area contributed by atoms with Crippen molar-refractivity contribution in [2.45, 2.75) is 12.3 Å². The Labute approximate surface area is 96.5 Å². The van der Waals surface area contributed by atoms with Crippen molar-refractivity contribution in [2.24, 2.45) is 0 Å². The molecule has 0 fully saturated rings. The minimum Gasteiger partial charge on any atom is -0.258 e. The maximum atomic E-state index is 12.5. The molecule has 0 N–H and O–H groups in total. The summed E-state index contributed by atoms with van der Waals surface area (Å²) in [5.74, 6) is -0.240. The van der Waals surface area contributed by atoms with Crippen LogP contribution in [0.15, 0.2) is 10.8 Å². The number of nitro groups is 1. The highest BCUT2D eigenvalue weighted by atomic mass is 79.9. The van der Waals surface area contributed by atoms with Crippen LogP contribution in [0.25, 0.3) is 0 Å². The van der Waals surface area contributed by atoms with Gasteiger partial charge in [-0.05, 0) is 15.9 Å². The van der Waals surface area contributed by atoms with Crippen LogP contribution in [-0.4, -0.2) is 9.91 Å². The predicted molar refractivity (Wildman–Crippen MR) is 53.1 cm³/mol. The van der Waals surface area contributed by atoms with Gasteiger partial charge >= 0.3 is 0 Å². The van der Waals surface area contributed by atoms with Crippen LogP contribution in [0.2, 0.25) is 0 Å². The van der Waals surface area contributed by atoms with E-state index in [2.05, 4.69) is 20.9 Å². The van der Waals surface area contributed by atoms with E-state index in [1.165, 1.54) is 0 Å². The molecule has 0 saturated heterocycles. The average Bonchev–Trinajstić information content (AvgIpc) is 2.16.